The molecule has 0 saturated carbocycles. The molecule has 1 rings (SSSR count). The molecule has 16 heavy (non-hydrogen) atoms. The smallest absolute Gasteiger partial charge is 0.0183 e. The van der Waals surface area contributed by atoms with Gasteiger partial charge in [0.1, 0.15) is 0 Å². The number of benzene rings is 1. The van der Waals surface area contributed by atoms with E-state index in [0.717, 1.165) is 19.3 Å². The van der Waals surface area contributed by atoms with Gasteiger partial charge in [0, 0.05) is 13.1 Å². The van der Waals surface area contributed by atoms with Crippen LogP contribution in [0.2, 0.25) is 0 Å². The molecule has 90 valence electrons. The van der Waals surface area contributed by atoms with Crippen molar-refractivity contribution in [3.05, 3.63) is 33.9 Å². The van der Waals surface area contributed by atoms with Crippen LogP contribution in [-0.2, 0) is 32.4 Å². The van der Waals surface area contributed by atoms with Crippen molar-refractivity contribution >= 4 is 0 Å². The molecule has 1 aromatic rings. The number of hydrogen-bond acceptors (Lipinski definition) is 2. The van der Waals surface area contributed by atoms with Gasteiger partial charge in [0.15, 0.2) is 0 Å². The number of rotatable bonds is 5. The fourth-order valence-electron chi connectivity index (χ4n) is 2.52. The molecule has 0 bridgehead atoms. The fraction of sp³-hybridized carbons (Fsp3) is 0.571. The molecule has 4 N–H and O–H groups in total. The molecule has 0 atom stereocenters. The lowest BCUT2D eigenvalue weighted by Gasteiger charge is -2.19. The predicted octanol–water partition coefficient (Wildman–Crippen LogP) is 2.29. The number of aryl methyl sites for hydroxylation is 2. The topological polar surface area (TPSA) is 52.0 Å². The Hall–Kier alpha value is -0.860. The van der Waals surface area contributed by atoms with Crippen LogP contribution in [0.25, 0.3) is 0 Å². The summed E-state index contributed by atoms with van der Waals surface area (Å²) in [6.07, 6.45) is 3.13. The van der Waals surface area contributed by atoms with Gasteiger partial charge < -0.3 is 11.5 Å². The van der Waals surface area contributed by atoms with Gasteiger partial charge in [-0.3, -0.25) is 0 Å². The van der Waals surface area contributed by atoms with Gasteiger partial charge >= 0.3 is 0 Å². The quantitative estimate of drug-likeness (QED) is 0.800. The summed E-state index contributed by atoms with van der Waals surface area (Å²) in [5.41, 5.74) is 18.6. The van der Waals surface area contributed by atoms with Gasteiger partial charge in [-0.25, -0.2) is 0 Å². The van der Waals surface area contributed by atoms with E-state index >= 15 is 0 Å². The largest absolute Gasteiger partial charge is 0.326 e. The first-order valence-electron chi connectivity index (χ1n) is 6.28. The molecule has 0 unspecified atom stereocenters. The second kappa shape index (κ2) is 6.02. The first-order chi connectivity index (χ1) is 7.73. The number of nitrogens with two attached hydrogens (primary N) is 2. The lowest BCUT2D eigenvalue weighted by molar-refractivity contribution is 0.891. The average molecular weight is 220 g/mol. The molecule has 0 aromatic heterocycles. The van der Waals surface area contributed by atoms with Crippen molar-refractivity contribution in [1.29, 1.82) is 0 Å². The maximum atomic E-state index is 5.88. The fourth-order valence-corrected chi connectivity index (χ4v) is 2.52. The Kier molecular flexibility index (Phi) is 4.97. The Morgan fingerprint density at radius 2 is 1.19 bits per heavy atom. The van der Waals surface area contributed by atoms with Crippen molar-refractivity contribution < 1.29 is 0 Å². The monoisotopic (exact) mass is 220 g/mol. The van der Waals surface area contributed by atoms with Gasteiger partial charge in [-0.2, -0.15) is 0 Å². The van der Waals surface area contributed by atoms with Crippen LogP contribution >= 0.6 is 0 Å². The third-order valence-corrected chi connectivity index (χ3v) is 3.38. The summed E-state index contributed by atoms with van der Waals surface area (Å²) in [6, 6.07) is 2.30. The van der Waals surface area contributed by atoms with Gasteiger partial charge in [-0.1, -0.05) is 26.8 Å². The van der Waals surface area contributed by atoms with E-state index in [1.807, 2.05) is 0 Å². The van der Waals surface area contributed by atoms with E-state index in [4.69, 9.17) is 11.5 Å². The molecule has 2 nitrogen and oxygen atoms in total. The van der Waals surface area contributed by atoms with Gasteiger partial charge in [0.05, 0.1) is 0 Å². The zero-order valence-electron chi connectivity index (χ0n) is 10.8. The zero-order chi connectivity index (χ0) is 12.1. The number of hydrogen-bond donors (Lipinski definition) is 2. The van der Waals surface area contributed by atoms with E-state index in [2.05, 4.69) is 26.8 Å². The zero-order valence-corrected chi connectivity index (χ0v) is 10.8. The molecule has 0 fully saturated rings. The Bertz CT molecular complexity index is 326. The van der Waals surface area contributed by atoms with Crippen LogP contribution in [-0.4, -0.2) is 0 Å². The molecule has 2 heteroatoms. The summed E-state index contributed by atoms with van der Waals surface area (Å²) in [5.74, 6) is 0. The second-order valence-electron chi connectivity index (χ2n) is 4.10. The van der Waals surface area contributed by atoms with Crippen molar-refractivity contribution in [2.75, 3.05) is 0 Å². The Balaban J connectivity index is 3.47. The van der Waals surface area contributed by atoms with Crippen molar-refractivity contribution in [1.82, 2.24) is 0 Å². The lowest BCUT2D eigenvalue weighted by Crippen LogP contribution is -2.13. The van der Waals surface area contributed by atoms with Crippen LogP contribution in [0.5, 0.6) is 0 Å². The molecule has 0 aliphatic heterocycles. The third-order valence-electron chi connectivity index (χ3n) is 3.38. The summed E-state index contributed by atoms with van der Waals surface area (Å²) >= 11 is 0. The van der Waals surface area contributed by atoms with Crippen molar-refractivity contribution in [2.45, 2.75) is 53.1 Å². The maximum Gasteiger partial charge on any atom is 0.0183 e. The van der Waals surface area contributed by atoms with Crippen LogP contribution in [0.1, 0.15) is 48.6 Å². The summed E-state index contributed by atoms with van der Waals surface area (Å²) in [4.78, 5) is 0. The van der Waals surface area contributed by atoms with Crippen LogP contribution in [0, 0.1) is 0 Å². The van der Waals surface area contributed by atoms with E-state index in [1.54, 1.807) is 0 Å². The molecule has 1 aromatic carbocycles. The first kappa shape index (κ1) is 13.2. The van der Waals surface area contributed by atoms with Gasteiger partial charge in [0.2, 0.25) is 0 Å². The summed E-state index contributed by atoms with van der Waals surface area (Å²) in [6.45, 7) is 7.82. The van der Waals surface area contributed by atoms with Crippen molar-refractivity contribution in [2.24, 2.45) is 11.5 Å². The molecule has 0 saturated heterocycles. The summed E-state index contributed by atoms with van der Waals surface area (Å²) in [5, 5.41) is 0. The van der Waals surface area contributed by atoms with Gasteiger partial charge in [0.25, 0.3) is 0 Å². The third kappa shape index (κ3) is 2.28. The predicted molar refractivity (Wildman–Crippen MR) is 70.4 cm³/mol. The van der Waals surface area contributed by atoms with E-state index in [1.165, 1.54) is 27.8 Å². The highest BCUT2D eigenvalue weighted by Gasteiger charge is 2.13. The van der Waals surface area contributed by atoms with Crippen molar-refractivity contribution in [3.8, 4) is 0 Å². The Morgan fingerprint density at radius 1 is 0.750 bits per heavy atom. The SMILES string of the molecule is CCc1cc(CC)c(CN)c(CC)c1CN. The Morgan fingerprint density at radius 3 is 1.44 bits per heavy atom. The molecule has 0 aliphatic carbocycles. The highest BCUT2D eigenvalue weighted by Crippen LogP contribution is 2.25. The van der Waals surface area contributed by atoms with E-state index < -0.39 is 0 Å². The van der Waals surface area contributed by atoms with Crippen LogP contribution in [0.4, 0.5) is 0 Å². The molecule has 0 spiro atoms. The van der Waals surface area contributed by atoms with E-state index in [9.17, 15) is 0 Å². The standard InChI is InChI=1S/C14H24N2/c1-4-10-7-11(5-2)14(9-16)12(6-3)13(10)8-15/h7H,4-6,8-9,15-16H2,1-3H3. The van der Waals surface area contributed by atoms with Crippen molar-refractivity contribution in [3.63, 3.8) is 0 Å². The van der Waals surface area contributed by atoms with Crippen LogP contribution in [0.3, 0.4) is 0 Å². The summed E-state index contributed by atoms with van der Waals surface area (Å²) in [7, 11) is 0. The summed E-state index contributed by atoms with van der Waals surface area (Å²) < 4.78 is 0. The van der Waals surface area contributed by atoms with Gasteiger partial charge in [-0.15, -0.1) is 0 Å². The highest BCUT2D eigenvalue weighted by atomic mass is 14.6. The lowest BCUT2D eigenvalue weighted by atomic mass is 9.88. The van der Waals surface area contributed by atoms with Gasteiger partial charge in [-0.05, 0) is 47.1 Å². The average Bonchev–Trinajstić information content (AvgIpc) is 2.35. The van der Waals surface area contributed by atoms with Crippen LogP contribution < -0.4 is 11.5 Å². The molecular weight excluding hydrogens is 196 g/mol. The van der Waals surface area contributed by atoms with Crippen LogP contribution in [0.15, 0.2) is 6.07 Å². The highest BCUT2D eigenvalue weighted by molar-refractivity contribution is 5.46. The molecule has 0 amide bonds. The molecule has 0 heterocycles. The minimum Gasteiger partial charge on any atom is -0.326 e. The Labute approximate surface area is 99.0 Å². The molecular formula is C14H24N2. The molecule has 0 aliphatic rings. The van der Waals surface area contributed by atoms with E-state index in [-0.39, 0.29) is 0 Å². The van der Waals surface area contributed by atoms with E-state index in [0.29, 0.717) is 13.1 Å². The molecule has 0 radical (unpaired) electrons. The second-order valence-corrected chi connectivity index (χ2v) is 4.10. The minimum atomic E-state index is 0.628. The normalized spacial score (nSPS) is 10.8. The maximum absolute atomic E-state index is 5.88. The first-order valence-corrected chi connectivity index (χ1v) is 6.28. The minimum absolute atomic E-state index is 0.628.